The van der Waals surface area contributed by atoms with Gasteiger partial charge in [-0.3, -0.25) is 19.9 Å². The number of anilines is 12. The van der Waals surface area contributed by atoms with Gasteiger partial charge >= 0.3 is 0 Å². The highest BCUT2D eigenvalue weighted by molar-refractivity contribution is 6.03. The molecule has 0 fully saturated rings. The van der Waals surface area contributed by atoms with Crippen LogP contribution in [-0.2, 0) is 103 Å². The lowest BCUT2D eigenvalue weighted by Gasteiger charge is -2.40. The number of fused-ring (bicyclic) bond motifs is 44. The van der Waals surface area contributed by atoms with E-state index in [4.69, 9.17) is 9.97 Å². The van der Waals surface area contributed by atoms with Gasteiger partial charge in [-0.1, -0.05) is 206 Å². The second-order valence-electron chi connectivity index (χ2n) is 41.5. The molecule has 36 rings (SSSR count). The van der Waals surface area contributed by atoms with Crippen LogP contribution in [0.5, 0.6) is 0 Å². The summed E-state index contributed by atoms with van der Waals surface area (Å²) in [6, 6.07) is 114. The van der Waals surface area contributed by atoms with Gasteiger partial charge in [0.25, 0.3) is 0 Å². The third-order valence-electron chi connectivity index (χ3n) is 34.3. The third kappa shape index (κ3) is 10.8. The van der Waals surface area contributed by atoms with Gasteiger partial charge in [0.05, 0.1) is 74.5 Å². The molecule has 140 heavy (non-hydrogen) atoms. The van der Waals surface area contributed by atoms with Crippen LogP contribution in [0.15, 0.2) is 340 Å². The quantitative estimate of drug-likeness (QED) is 0.149. The van der Waals surface area contributed by atoms with Crippen molar-refractivity contribution in [3.8, 4) is 89.0 Å². The summed E-state index contributed by atoms with van der Waals surface area (Å²) < 4.78 is 0. The van der Waals surface area contributed by atoms with Gasteiger partial charge in [-0.25, -0.2) is 4.98 Å². The molecule has 0 radical (unpaired) electrons. The van der Waals surface area contributed by atoms with Crippen LogP contribution in [-0.4, -0.2) is 19.9 Å². The summed E-state index contributed by atoms with van der Waals surface area (Å²) in [6.07, 6.45) is 27.9. The first-order chi connectivity index (χ1) is 69.3. The molecule has 0 unspecified atom stereocenters. The molecule has 16 aliphatic rings. The first kappa shape index (κ1) is 76.5. The fourth-order valence-electron chi connectivity index (χ4n) is 28.4. The van der Waals surface area contributed by atoms with Crippen LogP contribution >= 0.6 is 0 Å². The number of hydrogen-bond donors (Lipinski definition) is 0. The number of pyridine rings is 4. The van der Waals surface area contributed by atoms with E-state index in [0.717, 1.165) is 109 Å². The Morgan fingerprint density at radius 3 is 0.964 bits per heavy atom. The molecule has 0 spiro atoms. The van der Waals surface area contributed by atoms with Crippen LogP contribution in [0, 0.1) is 0 Å². The van der Waals surface area contributed by atoms with Crippen LogP contribution < -0.4 is 19.6 Å². The molecule has 0 atom stereocenters. The van der Waals surface area contributed by atoms with Gasteiger partial charge in [-0.2, -0.15) is 0 Å². The summed E-state index contributed by atoms with van der Waals surface area (Å²) in [7, 11) is 0. The van der Waals surface area contributed by atoms with Gasteiger partial charge in [-0.15, -0.1) is 0 Å². The van der Waals surface area contributed by atoms with Crippen molar-refractivity contribution in [2.24, 2.45) is 0 Å². The van der Waals surface area contributed by atoms with Crippen LogP contribution in [0.4, 0.5) is 68.4 Å². The lowest BCUT2D eigenvalue weighted by atomic mass is 9.82. The number of rotatable bonds is 0. The normalized spacial score (nSPS) is 14.9. The zero-order valence-corrected chi connectivity index (χ0v) is 77.2. The summed E-state index contributed by atoms with van der Waals surface area (Å²) in [6.45, 7) is 0. The van der Waals surface area contributed by atoms with Crippen LogP contribution in [0.2, 0.25) is 0 Å². The van der Waals surface area contributed by atoms with Crippen molar-refractivity contribution in [3.05, 3.63) is 519 Å². The Balaban J connectivity index is 0.0000000829. The summed E-state index contributed by atoms with van der Waals surface area (Å²) >= 11 is 0. The summed E-state index contributed by atoms with van der Waals surface area (Å²) in [5, 5.41) is 0. The van der Waals surface area contributed by atoms with E-state index < -0.39 is 0 Å². The first-order valence-corrected chi connectivity index (χ1v) is 50.3. The van der Waals surface area contributed by atoms with Crippen molar-refractivity contribution in [1.82, 2.24) is 19.9 Å². The molecular weight excluding hydrogens is 1700 g/mol. The van der Waals surface area contributed by atoms with Crippen molar-refractivity contribution < 1.29 is 0 Å². The highest BCUT2D eigenvalue weighted by atomic mass is 15.2. The second-order valence-corrected chi connectivity index (χ2v) is 41.5. The summed E-state index contributed by atoms with van der Waals surface area (Å²) in [5.41, 5.74) is 83.6. The molecule has 8 aliphatic heterocycles. The van der Waals surface area contributed by atoms with Crippen LogP contribution in [0.3, 0.4) is 0 Å². The average Bonchev–Trinajstić information content (AvgIpc) is 1.39. The van der Waals surface area contributed by atoms with Gasteiger partial charge in [-0.05, 0) is 410 Å². The highest BCUT2D eigenvalue weighted by Crippen LogP contribution is 2.63. The minimum atomic E-state index is 0.899. The molecular formula is C132H88N8. The fraction of sp³-hybridized carbons (Fsp3) is 0.121. The van der Waals surface area contributed by atoms with Crippen molar-refractivity contribution in [2.45, 2.75) is 103 Å². The number of nitrogens with zero attached hydrogens (tertiary/aromatic N) is 8. The second kappa shape index (κ2) is 28.5. The van der Waals surface area contributed by atoms with Crippen molar-refractivity contribution in [3.63, 3.8) is 0 Å². The number of benzene rings is 16. The van der Waals surface area contributed by atoms with Gasteiger partial charge in [0, 0.05) is 82.4 Å². The van der Waals surface area contributed by atoms with E-state index in [0.29, 0.717) is 0 Å². The standard InChI is InChI=1S/4C33H22N2/c1-3-9-26-19(6-1)12-22-18-30-23(16-28(22)26)17-29-31-24(13-20-7-2-4-10-27(20)31)15-25-14-21-8-5-11-34-33(21)35(30)32(25)29;1-3-8-24-19(6-1)12-21-18-32-22(14-26(21)24)15-29-28-13-20-7-2-4-9-25(20)27(28)16-23-17-30-31(10-5-11-34-30)35(32)33(23)29;1-3-7-25-19(5-1)11-21-17-32-22(14-27(21)25)15-30-29-13-20-6-2-4-8-26(20)28(29)16-23-12-24-18-34-10-9-31(24)35(32)33(23)30;1-3-7-25-19(5-1)11-22-17-31-23(14-27(22)25)15-30-29-13-20-6-2-4-8-26(20)28(29)16-24-12-21-9-10-34-18-32(21)35(31)33(24)30/h1-11,15-16,18H,12-14,17H2;1-11,14,16,18H,12-13,15,17H2;2*1-10,14,16-18H,11-13,15H2. The Bertz CT molecular complexity index is 8510. The molecule has 0 saturated heterocycles. The molecule has 20 aromatic rings. The maximum absolute atomic E-state index is 4.94. The minimum Gasteiger partial charge on any atom is -0.309 e. The van der Waals surface area contributed by atoms with Gasteiger partial charge < -0.3 is 14.7 Å². The monoisotopic (exact) mass is 1780 g/mol. The molecule has 16 aromatic carbocycles. The highest BCUT2D eigenvalue weighted by Gasteiger charge is 2.45. The molecule has 8 aliphatic carbocycles. The van der Waals surface area contributed by atoms with Crippen molar-refractivity contribution in [2.75, 3.05) is 19.6 Å². The minimum absolute atomic E-state index is 0.899. The molecule has 0 amide bonds. The van der Waals surface area contributed by atoms with Crippen molar-refractivity contribution >= 4 is 68.4 Å². The smallest absolute Gasteiger partial charge is 0.141 e. The molecule has 4 aromatic heterocycles. The van der Waals surface area contributed by atoms with E-state index >= 15 is 0 Å². The molecule has 8 heteroatoms. The Labute approximate surface area is 812 Å². The lowest BCUT2D eigenvalue weighted by molar-refractivity contribution is 0.960. The van der Waals surface area contributed by atoms with E-state index in [9.17, 15) is 0 Å². The molecule has 0 saturated carbocycles. The third-order valence-corrected chi connectivity index (χ3v) is 34.3. The SMILES string of the molecule is c1ccc2c(c1)Cc1cc3c(cc1-2)Cc1c2c(cc4c1N3c1cccnc1C4)-c1ccccc1C2.c1ccc2c(c1)Cc1cc3c(cc1-2)Cc1c2c(cc4c1N3c1ccncc1C4)-c1ccccc1C2.c1ccc2c(c1)Cc1cc3c(cc1-2)Cc1c2c(cc4c1N3c1cnccc1C4)-c1ccccc1C2.c1ccc2c(c1)Cc1cc3c(cc1-2)Cc1c2c(cc4c1N3c1ncccc1C4)Cc1ccccc1-2. The van der Waals surface area contributed by atoms with E-state index in [-0.39, 0.29) is 0 Å². The molecule has 0 N–H and O–H groups in total. The predicted molar refractivity (Wildman–Crippen MR) is 564 cm³/mol. The fourth-order valence-corrected chi connectivity index (χ4v) is 28.4. The van der Waals surface area contributed by atoms with Crippen molar-refractivity contribution in [1.29, 1.82) is 0 Å². The predicted octanol–water partition coefficient (Wildman–Crippen LogP) is 30.0. The van der Waals surface area contributed by atoms with Gasteiger partial charge in [0.2, 0.25) is 0 Å². The Hall–Kier alpha value is -16.7. The van der Waals surface area contributed by atoms with E-state index in [1.807, 2.05) is 24.8 Å². The van der Waals surface area contributed by atoms with Gasteiger partial charge in [0.15, 0.2) is 0 Å². The Morgan fingerprint density at radius 1 is 0.157 bits per heavy atom. The van der Waals surface area contributed by atoms with E-state index in [2.05, 4.69) is 345 Å². The molecule has 0 bridgehead atoms. The number of aromatic nitrogens is 4. The zero-order chi connectivity index (χ0) is 90.7. The average molecular weight is 1790 g/mol. The van der Waals surface area contributed by atoms with Crippen LogP contribution in [0.1, 0.15) is 178 Å². The van der Waals surface area contributed by atoms with E-state index in [1.165, 1.54) is 330 Å². The topological polar surface area (TPSA) is 64.5 Å². The maximum Gasteiger partial charge on any atom is 0.141 e. The first-order valence-electron chi connectivity index (χ1n) is 50.3. The van der Waals surface area contributed by atoms with Gasteiger partial charge in [0.1, 0.15) is 5.82 Å². The maximum atomic E-state index is 4.94. The molecule has 8 nitrogen and oxygen atoms in total. The number of hydrogen-bond acceptors (Lipinski definition) is 8. The van der Waals surface area contributed by atoms with Crippen LogP contribution in [0.25, 0.3) is 89.0 Å². The Kier molecular flexibility index (Phi) is 15.6. The lowest BCUT2D eigenvalue weighted by Crippen LogP contribution is -2.26. The summed E-state index contributed by atoms with van der Waals surface area (Å²) in [5.74, 6) is 1.10. The largest absolute Gasteiger partial charge is 0.309 e. The summed E-state index contributed by atoms with van der Waals surface area (Å²) in [4.78, 5) is 29.0. The Morgan fingerprint density at radius 2 is 0.479 bits per heavy atom. The zero-order valence-electron chi connectivity index (χ0n) is 77.2. The molecule has 12 heterocycles. The van der Waals surface area contributed by atoms with E-state index in [1.54, 1.807) is 0 Å². The molecule has 656 valence electrons.